The summed E-state index contributed by atoms with van der Waals surface area (Å²) in [6.07, 6.45) is 6.20. The van der Waals surface area contributed by atoms with E-state index in [0.717, 1.165) is 22.3 Å². The second-order valence-electron chi connectivity index (χ2n) is 5.06. The maximum Gasteiger partial charge on any atom is 0.124 e. The van der Waals surface area contributed by atoms with Crippen molar-refractivity contribution < 1.29 is 4.74 Å². The first kappa shape index (κ1) is 13.6. The Morgan fingerprint density at radius 2 is 2.10 bits per heavy atom. The van der Waals surface area contributed by atoms with Crippen LogP contribution in [0.15, 0.2) is 47.2 Å². The van der Waals surface area contributed by atoms with Crippen LogP contribution in [0.25, 0.3) is 0 Å². The molecule has 0 amide bonds. The van der Waals surface area contributed by atoms with Gasteiger partial charge in [-0.15, -0.1) is 0 Å². The number of para-hydroxylation sites is 1. The third-order valence-electron chi connectivity index (χ3n) is 3.29. The summed E-state index contributed by atoms with van der Waals surface area (Å²) in [5.74, 6) is 0.945. The molecule has 1 aromatic carbocycles. The van der Waals surface area contributed by atoms with Crippen molar-refractivity contribution in [1.29, 1.82) is 0 Å². The molecule has 1 aromatic heterocycles. The van der Waals surface area contributed by atoms with E-state index in [4.69, 9.17) is 4.74 Å². The summed E-state index contributed by atoms with van der Waals surface area (Å²) in [6, 6.07) is 10.9. The predicted molar refractivity (Wildman–Crippen MR) is 82.6 cm³/mol. The summed E-state index contributed by atoms with van der Waals surface area (Å²) in [4.78, 5) is 4.15. The highest BCUT2D eigenvalue weighted by atomic mass is 79.9. The fourth-order valence-electron chi connectivity index (χ4n) is 2.03. The van der Waals surface area contributed by atoms with Crippen molar-refractivity contribution >= 4 is 15.9 Å². The van der Waals surface area contributed by atoms with Crippen molar-refractivity contribution in [1.82, 2.24) is 10.3 Å². The molecule has 1 saturated carbocycles. The van der Waals surface area contributed by atoms with E-state index < -0.39 is 0 Å². The zero-order chi connectivity index (χ0) is 13.8. The van der Waals surface area contributed by atoms with Gasteiger partial charge in [-0.3, -0.25) is 4.98 Å². The van der Waals surface area contributed by atoms with Crippen molar-refractivity contribution in [3.63, 3.8) is 0 Å². The summed E-state index contributed by atoms with van der Waals surface area (Å²) in [7, 11) is 0. The van der Waals surface area contributed by atoms with Crippen molar-refractivity contribution in [2.24, 2.45) is 0 Å². The van der Waals surface area contributed by atoms with Crippen molar-refractivity contribution in [2.75, 3.05) is 0 Å². The van der Waals surface area contributed by atoms with Crippen LogP contribution >= 0.6 is 15.9 Å². The monoisotopic (exact) mass is 332 g/mol. The fourth-order valence-corrected chi connectivity index (χ4v) is 2.44. The second-order valence-corrected chi connectivity index (χ2v) is 5.98. The molecule has 0 unspecified atom stereocenters. The number of ether oxygens (including phenoxy) is 1. The number of nitrogens with one attached hydrogen (secondary N) is 1. The molecule has 0 spiro atoms. The molecule has 3 rings (SSSR count). The molecule has 1 N–H and O–H groups in total. The molecule has 104 valence electrons. The SMILES string of the molecule is Brc1cncc(COc2ccccc2CNC2CC2)c1. The lowest BCUT2D eigenvalue weighted by Gasteiger charge is -2.12. The molecular weight excluding hydrogens is 316 g/mol. The first-order chi connectivity index (χ1) is 9.81. The Bertz CT molecular complexity index is 584. The van der Waals surface area contributed by atoms with E-state index in [1.54, 1.807) is 6.20 Å². The van der Waals surface area contributed by atoms with Crippen LogP contribution in [-0.2, 0) is 13.2 Å². The Labute approximate surface area is 127 Å². The Morgan fingerprint density at radius 3 is 2.90 bits per heavy atom. The van der Waals surface area contributed by atoms with Crippen LogP contribution in [0, 0.1) is 0 Å². The number of aromatic nitrogens is 1. The van der Waals surface area contributed by atoms with E-state index in [1.165, 1.54) is 18.4 Å². The van der Waals surface area contributed by atoms with Gasteiger partial charge in [0.15, 0.2) is 0 Å². The zero-order valence-corrected chi connectivity index (χ0v) is 12.8. The first-order valence-corrected chi connectivity index (χ1v) is 7.64. The maximum absolute atomic E-state index is 5.93. The molecular formula is C16H17BrN2O. The van der Waals surface area contributed by atoms with Gasteiger partial charge in [0.2, 0.25) is 0 Å². The minimum absolute atomic E-state index is 0.535. The zero-order valence-electron chi connectivity index (χ0n) is 11.2. The molecule has 0 atom stereocenters. The molecule has 0 radical (unpaired) electrons. The number of benzene rings is 1. The maximum atomic E-state index is 5.93. The lowest BCUT2D eigenvalue weighted by atomic mass is 10.2. The standard InChI is InChI=1S/C16H17BrN2O/c17-14-7-12(8-18-10-14)11-20-16-4-2-1-3-13(16)9-19-15-5-6-15/h1-4,7-8,10,15,19H,5-6,9,11H2. The van der Waals surface area contributed by atoms with Gasteiger partial charge in [0, 0.05) is 40.6 Å². The van der Waals surface area contributed by atoms with Gasteiger partial charge < -0.3 is 10.1 Å². The average Bonchev–Trinajstić information content (AvgIpc) is 3.28. The Morgan fingerprint density at radius 1 is 1.25 bits per heavy atom. The predicted octanol–water partition coefficient (Wildman–Crippen LogP) is 3.68. The van der Waals surface area contributed by atoms with Gasteiger partial charge in [0.1, 0.15) is 12.4 Å². The number of pyridine rings is 1. The van der Waals surface area contributed by atoms with Gasteiger partial charge >= 0.3 is 0 Å². The molecule has 20 heavy (non-hydrogen) atoms. The van der Waals surface area contributed by atoms with Crippen molar-refractivity contribution in [3.8, 4) is 5.75 Å². The molecule has 1 heterocycles. The summed E-state index contributed by atoms with van der Waals surface area (Å²) < 4.78 is 6.90. The van der Waals surface area contributed by atoms with Crippen LogP contribution in [-0.4, -0.2) is 11.0 Å². The number of rotatable bonds is 6. The Hall–Kier alpha value is -1.39. The second kappa shape index (κ2) is 6.37. The third kappa shape index (κ3) is 3.81. The topological polar surface area (TPSA) is 34.1 Å². The molecule has 1 aliphatic carbocycles. The number of halogens is 1. The van der Waals surface area contributed by atoms with E-state index in [9.17, 15) is 0 Å². The van der Waals surface area contributed by atoms with Crippen molar-refractivity contribution in [2.45, 2.75) is 32.0 Å². The highest BCUT2D eigenvalue weighted by Crippen LogP contribution is 2.23. The summed E-state index contributed by atoms with van der Waals surface area (Å²) >= 11 is 3.42. The molecule has 1 fully saturated rings. The van der Waals surface area contributed by atoms with Gasteiger partial charge in [0.25, 0.3) is 0 Å². The van der Waals surface area contributed by atoms with Gasteiger partial charge in [0.05, 0.1) is 0 Å². The van der Waals surface area contributed by atoms with Gasteiger partial charge in [-0.1, -0.05) is 18.2 Å². The molecule has 1 aliphatic rings. The van der Waals surface area contributed by atoms with E-state index in [-0.39, 0.29) is 0 Å². The molecule has 2 aromatic rings. The van der Waals surface area contributed by atoms with Crippen LogP contribution in [0.1, 0.15) is 24.0 Å². The minimum Gasteiger partial charge on any atom is -0.489 e. The van der Waals surface area contributed by atoms with E-state index in [2.05, 4.69) is 38.4 Å². The number of hydrogen-bond acceptors (Lipinski definition) is 3. The quantitative estimate of drug-likeness (QED) is 0.876. The van der Waals surface area contributed by atoms with Crippen LogP contribution in [0.2, 0.25) is 0 Å². The smallest absolute Gasteiger partial charge is 0.124 e. The highest BCUT2D eigenvalue weighted by molar-refractivity contribution is 9.10. The molecule has 3 nitrogen and oxygen atoms in total. The van der Waals surface area contributed by atoms with E-state index in [1.807, 2.05) is 24.4 Å². The van der Waals surface area contributed by atoms with Crippen LogP contribution in [0.3, 0.4) is 0 Å². The molecule has 0 bridgehead atoms. The lowest BCUT2D eigenvalue weighted by molar-refractivity contribution is 0.301. The fraction of sp³-hybridized carbons (Fsp3) is 0.312. The normalized spacial score (nSPS) is 14.2. The number of hydrogen-bond donors (Lipinski definition) is 1. The Kier molecular flexibility index (Phi) is 4.33. The summed E-state index contributed by atoms with van der Waals surface area (Å²) in [6.45, 7) is 1.41. The Balaban J connectivity index is 1.63. The van der Waals surface area contributed by atoms with E-state index in [0.29, 0.717) is 12.6 Å². The van der Waals surface area contributed by atoms with E-state index >= 15 is 0 Å². The molecule has 0 aliphatic heterocycles. The lowest BCUT2D eigenvalue weighted by Crippen LogP contribution is -2.16. The van der Waals surface area contributed by atoms with Crippen LogP contribution in [0.4, 0.5) is 0 Å². The molecule has 0 saturated heterocycles. The van der Waals surface area contributed by atoms with Gasteiger partial charge in [-0.25, -0.2) is 0 Å². The average molecular weight is 333 g/mol. The summed E-state index contributed by atoms with van der Waals surface area (Å²) in [5, 5.41) is 3.52. The van der Waals surface area contributed by atoms with Gasteiger partial charge in [-0.2, -0.15) is 0 Å². The largest absolute Gasteiger partial charge is 0.489 e. The third-order valence-corrected chi connectivity index (χ3v) is 3.72. The number of nitrogens with zero attached hydrogens (tertiary/aromatic N) is 1. The minimum atomic E-state index is 0.535. The van der Waals surface area contributed by atoms with Gasteiger partial charge in [-0.05, 0) is 40.9 Å². The van der Waals surface area contributed by atoms with Crippen molar-refractivity contribution in [3.05, 3.63) is 58.3 Å². The molecule has 4 heteroatoms. The summed E-state index contributed by atoms with van der Waals surface area (Å²) in [5.41, 5.74) is 2.27. The van der Waals surface area contributed by atoms with Crippen LogP contribution in [0.5, 0.6) is 5.75 Å². The first-order valence-electron chi connectivity index (χ1n) is 6.85. The highest BCUT2D eigenvalue weighted by Gasteiger charge is 2.20. The van der Waals surface area contributed by atoms with Crippen LogP contribution < -0.4 is 10.1 Å².